The molecule has 1 aliphatic rings. The van der Waals surface area contributed by atoms with E-state index in [0.717, 1.165) is 16.0 Å². The molecule has 5 rings (SSSR count). The van der Waals surface area contributed by atoms with Crippen LogP contribution in [0.1, 0.15) is 34.7 Å². The Bertz CT molecular complexity index is 1410. The molecule has 0 radical (unpaired) electrons. The van der Waals surface area contributed by atoms with E-state index in [1.807, 2.05) is 49.4 Å². The molecule has 8 nitrogen and oxygen atoms in total. The van der Waals surface area contributed by atoms with Crippen molar-refractivity contribution in [2.75, 3.05) is 17.3 Å². The largest absolute Gasteiger partial charge is 0.462 e. The number of fused-ring (bicyclic) bond motifs is 1. The van der Waals surface area contributed by atoms with Gasteiger partial charge in [0.2, 0.25) is 11.1 Å². The number of nitrogens with one attached hydrogen (secondary N) is 2. The van der Waals surface area contributed by atoms with E-state index in [0.29, 0.717) is 26.6 Å². The summed E-state index contributed by atoms with van der Waals surface area (Å²) in [6.07, 6.45) is 0. The molecule has 0 aliphatic carbocycles. The maximum atomic E-state index is 13.7. The first kappa shape index (κ1) is 24.4. The van der Waals surface area contributed by atoms with Gasteiger partial charge in [0.25, 0.3) is 0 Å². The highest BCUT2D eigenvalue weighted by atomic mass is 35.5. The molecule has 4 aromatic rings. The van der Waals surface area contributed by atoms with E-state index in [1.165, 1.54) is 23.1 Å². The van der Waals surface area contributed by atoms with Gasteiger partial charge in [0.1, 0.15) is 16.1 Å². The van der Waals surface area contributed by atoms with Crippen LogP contribution in [0.2, 0.25) is 5.02 Å². The Labute approximate surface area is 221 Å². The second-order valence-electron chi connectivity index (χ2n) is 7.99. The van der Waals surface area contributed by atoms with Gasteiger partial charge in [0, 0.05) is 9.90 Å². The van der Waals surface area contributed by atoms with Crippen LogP contribution in [0.4, 0.5) is 5.00 Å². The van der Waals surface area contributed by atoms with Crippen LogP contribution in [0.25, 0.3) is 10.4 Å². The van der Waals surface area contributed by atoms with Crippen LogP contribution in [0.5, 0.6) is 0 Å². The Morgan fingerprint density at radius 3 is 2.61 bits per heavy atom. The zero-order valence-corrected chi connectivity index (χ0v) is 21.8. The van der Waals surface area contributed by atoms with Crippen LogP contribution in [-0.2, 0) is 9.53 Å². The Balaban J connectivity index is 1.49. The lowest BCUT2D eigenvalue weighted by Crippen LogP contribution is -2.41. The molecule has 0 saturated heterocycles. The number of aromatic nitrogens is 3. The summed E-state index contributed by atoms with van der Waals surface area (Å²) in [6.45, 7) is 3.82. The number of thioether (sulfide) groups is 1. The number of benzene rings is 2. The molecule has 0 spiro atoms. The SMILES string of the molecule is CCOC(=O)c1cc(-c2ccccc2)sc1NC(=O)[C@@H]1Sc2nnc(C)n2N[C@@H]1c1ccc(Cl)cc1. The van der Waals surface area contributed by atoms with Crippen molar-refractivity contribution in [1.82, 2.24) is 14.9 Å². The van der Waals surface area contributed by atoms with Gasteiger partial charge >= 0.3 is 5.97 Å². The number of esters is 1. The zero-order chi connectivity index (χ0) is 25.2. The number of rotatable bonds is 6. The van der Waals surface area contributed by atoms with Gasteiger partial charge in [-0.25, -0.2) is 9.47 Å². The summed E-state index contributed by atoms with van der Waals surface area (Å²) in [6, 6.07) is 18.4. The van der Waals surface area contributed by atoms with Crippen LogP contribution in [0.3, 0.4) is 0 Å². The van der Waals surface area contributed by atoms with Crippen LogP contribution in [0.15, 0.2) is 65.8 Å². The van der Waals surface area contributed by atoms with Crippen molar-refractivity contribution in [3.63, 3.8) is 0 Å². The monoisotopic (exact) mass is 539 g/mol. The van der Waals surface area contributed by atoms with Crippen molar-refractivity contribution in [1.29, 1.82) is 0 Å². The minimum atomic E-state index is -0.598. The molecule has 1 aliphatic heterocycles. The topological polar surface area (TPSA) is 98.1 Å². The Morgan fingerprint density at radius 2 is 1.89 bits per heavy atom. The number of amides is 1. The van der Waals surface area contributed by atoms with Crippen molar-refractivity contribution in [2.24, 2.45) is 0 Å². The number of hydrogen-bond acceptors (Lipinski definition) is 8. The minimum absolute atomic E-state index is 0.235. The molecule has 36 heavy (non-hydrogen) atoms. The second-order valence-corrected chi connectivity index (χ2v) is 10.6. The number of carbonyl (C=O) groups is 2. The Kier molecular flexibility index (Phi) is 6.99. The molecule has 2 atom stereocenters. The van der Waals surface area contributed by atoms with E-state index in [4.69, 9.17) is 16.3 Å². The Morgan fingerprint density at radius 1 is 1.14 bits per heavy atom. The maximum Gasteiger partial charge on any atom is 0.341 e. The number of thiophene rings is 1. The van der Waals surface area contributed by atoms with Gasteiger partial charge in [-0.3, -0.25) is 4.79 Å². The zero-order valence-electron chi connectivity index (χ0n) is 19.4. The summed E-state index contributed by atoms with van der Waals surface area (Å²) >= 11 is 8.74. The van der Waals surface area contributed by atoms with E-state index < -0.39 is 17.3 Å². The summed E-state index contributed by atoms with van der Waals surface area (Å²) in [5.41, 5.74) is 5.52. The molecule has 0 saturated carbocycles. The van der Waals surface area contributed by atoms with Gasteiger partial charge in [0.05, 0.1) is 18.2 Å². The first-order valence-corrected chi connectivity index (χ1v) is 13.3. The van der Waals surface area contributed by atoms with Crippen molar-refractivity contribution >= 4 is 51.6 Å². The average molecular weight is 540 g/mol. The molecular formula is C25H22ClN5O3S2. The molecule has 0 fully saturated rings. The highest BCUT2D eigenvalue weighted by Crippen LogP contribution is 2.40. The van der Waals surface area contributed by atoms with E-state index >= 15 is 0 Å². The molecule has 2 aromatic heterocycles. The van der Waals surface area contributed by atoms with Crippen LogP contribution in [0, 0.1) is 6.92 Å². The number of hydrogen-bond donors (Lipinski definition) is 2. The molecular weight excluding hydrogens is 518 g/mol. The van der Waals surface area contributed by atoms with Gasteiger partial charge < -0.3 is 15.5 Å². The first-order valence-electron chi connectivity index (χ1n) is 11.2. The standard InChI is InChI=1S/C25H22ClN5O3S2/c1-3-34-24(33)18-13-19(15-7-5-4-6-8-15)35-23(18)27-22(32)21-20(16-9-11-17(26)12-10-16)30-31-14(2)28-29-25(31)36-21/h4-13,20-21,30H,3H2,1-2H3,(H,27,32)/t20-,21-/m1/s1. The normalized spacial score (nSPS) is 16.6. The number of anilines is 1. The molecule has 3 heterocycles. The smallest absolute Gasteiger partial charge is 0.341 e. The average Bonchev–Trinajstić information content (AvgIpc) is 3.48. The predicted molar refractivity (Wildman–Crippen MR) is 142 cm³/mol. The third kappa shape index (κ3) is 4.84. The van der Waals surface area contributed by atoms with Crippen molar-refractivity contribution < 1.29 is 14.3 Å². The lowest BCUT2D eigenvalue weighted by molar-refractivity contribution is -0.116. The van der Waals surface area contributed by atoms with Gasteiger partial charge in [-0.2, -0.15) is 0 Å². The highest BCUT2D eigenvalue weighted by molar-refractivity contribution is 8.00. The second kappa shape index (κ2) is 10.3. The number of aryl methyl sites for hydroxylation is 1. The van der Waals surface area contributed by atoms with Crippen molar-refractivity contribution in [2.45, 2.75) is 30.3 Å². The Hall–Kier alpha value is -3.34. The van der Waals surface area contributed by atoms with Gasteiger partial charge in [-0.1, -0.05) is 65.8 Å². The van der Waals surface area contributed by atoms with Crippen LogP contribution in [-0.4, -0.2) is 38.6 Å². The summed E-state index contributed by atoms with van der Waals surface area (Å²) in [4.78, 5) is 27.3. The lowest BCUT2D eigenvalue weighted by atomic mass is 10.0. The number of ether oxygens (including phenoxy) is 1. The summed E-state index contributed by atoms with van der Waals surface area (Å²) in [5.74, 6) is -0.0673. The molecule has 0 bridgehead atoms. The molecule has 184 valence electrons. The molecule has 0 unspecified atom stereocenters. The van der Waals surface area contributed by atoms with Gasteiger partial charge in [-0.05, 0) is 43.2 Å². The number of carbonyl (C=O) groups excluding carboxylic acids is 2. The van der Waals surface area contributed by atoms with Crippen molar-refractivity contribution in [3.05, 3.63) is 82.6 Å². The van der Waals surface area contributed by atoms with Gasteiger partial charge in [0.15, 0.2) is 0 Å². The third-order valence-electron chi connectivity index (χ3n) is 5.61. The van der Waals surface area contributed by atoms with E-state index in [2.05, 4.69) is 20.9 Å². The summed E-state index contributed by atoms with van der Waals surface area (Å²) in [7, 11) is 0. The third-order valence-corrected chi connectivity index (χ3v) is 8.18. The predicted octanol–water partition coefficient (Wildman–Crippen LogP) is 5.54. The van der Waals surface area contributed by atoms with Crippen molar-refractivity contribution in [3.8, 4) is 10.4 Å². The maximum absolute atomic E-state index is 13.7. The van der Waals surface area contributed by atoms with E-state index in [1.54, 1.807) is 29.8 Å². The molecule has 11 heteroatoms. The minimum Gasteiger partial charge on any atom is -0.462 e. The molecule has 1 amide bonds. The number of nitrogens with zero attached hydrogens (tertiary/aromatic N) is 3. The fourth-order valence-corrected chi connectivity index (χ4v) is 6.16. The van der Waals surface area contributed by atoms with Crippen LogP contribution < -0.4 is 10.7 Å². The number of halogens is 1. The van der Waals surface area contributed by atoms with E-state index in [-0.39, 0.29) is 12.5 Å². The highest BCUT2D eigenvalue weighted by Gasteiger charge is 2.38. The lowest BCUT2D eigenvalue weighted by Gasteiger charge is -2.32. The van der Waals surface area contributed by atoms with Crippen LogP contribution >= 0.6 is 34.7 Å². The fourth-order valence-electron chi connectivity index (χ4n) is 3.85. The molecule has 2 N–H and O–H groups in total. The molecule has 2 aromatic carbocycles. The first-order chi connectivity index (χ1) is 17.4. The quantitative estimate of drug-likeness (QED) is 0.310. The fraction of sp³-hybridized carbons (Fsp3) is 0.200. The summed E-state index contributed by atoms with van der Waals surface area (Å²) in [5, 5.41) is 12.3. The van der Waals surface area contributed by atoms with Gasteiger partial charge in [-0.15, -0.1) is 21.5 Å². The van der Waals surface area contributed by atoms with E-state index in [9.17, 15) is 9.59 Å². The summed E-state index contributed by atoms with van der Waals surface area (Å²) < 4.78 is 7.03.